The highest BCUT2D eigenvalue weighted by molar-refractivity contribution is 4.86. The molecule has 1 fully saturated rings. The summed E-state index contributed by atoms with van der Waals surface area (Å²) in [4.78, 5) is 1.27. The smallest absolute Gasteiger partial charge is 0.395 e. The van der Waals surface area contributed by atoms with Crippen LogP contribution >= 0.6 is 0 Å². The van der Waals surface area contributed by atoms with Crippen molar-refractivity contribution >= 4 is 0 Å². The molecule has 0 amide bonds. The quantitative estimate of drug-likeness (QED) is 0.774. The maximum Gasteiger partial charge on any atom is 0.401 e. The van der Waals surface area contributed by atoms with Gasteiger partial charge in [0.25, 0.3) is 0 Å². The lowest BCUT2D eigenvalue weighted by Gasteiger charge is -2.38. The third-order valence-electron chi connectivity index (χ3n) is 3.02. The van der Waals surface area contributed by atoms with E-state index in [-0.39, 0.29) is 25.2 Å². The third-order valence-corrected chi connectivity index (χ3v) is 3.02. The number of nitrogens with zero attached hydrogens (tertiary/aromatic N) is 1. The lowest BCUT2D eigenvalue weighted by atomic mass is 9.90. The Morgan fingerprint density at radius 2 is 1.88 bits per heavy atom. The number of aliphatic hydroxyl groups is 1. The first-order valence-corrected chi connectivity index (χ1v) is 5.61. The molecule has 0 heterocycles. The number of hydrogen-bond donors (Lipinski definition) is 2. The predicted molar refractivity (Wildman–Crippen MR) is 54.9 cm³/mol. The third kappa shape index (κ3) is 4.27. The van der Waals surface area contributed by atoms with Crippen LogP contribution in [-0.4, -0.2) is 48.0 Å². The van der Waals surface area contributed by atoms with Gasteiger partial charge in [-0.25, -0.2) is 0 Å². The fourth-order valence-electron chi connectivity index (χ4n) is 2.31. The van der Waals surface area contributed by atoms with Crippen LogP contribution in [0.4, 0.5) is 13.2 Å². The van der Waals surface area contributed by atoms with Crippen LogP contribution in [0.1, 0.15) is 25.7 Å². The monoisotopic (exact) mass is 240 g/mol. The Morgan fingerprint density at radius 1 is 1.25 bits per heavy atom. The van der Waals surface area contributed by atoms with Crippen LogP contribution < -0.4 is 5.73 Å². The number of nitrogens with two attached hydrogens (primary N) is 1. The Morgan fingerprint density at radius 3 is 2.38 bits per heavy atom. The van der Waals surface area contributed by atoms with Crippen LogP contribution in [0, 0.1) is 0 Å². The van der Waals surface area contributed by atoms with Gasteiger partial charge in [0.15, 0.2) is 0 Å². The normalized spacial score (nSPS) is 27.4. The highest BCUT2D eigenvalue weighted by Crippen LogP contribution is 2.25. The minimum absolute atomic E-state index is 0.0396. The van der Waals surface area contributed by atoms with Crippen molar-refractivity contribution in [1.82, 2.24) is 4.90 Å². The van der Waals surface area contributed by atoms with Crippen LogP contribution in [0.5, 0.6) is 0 Å². The Bertz CT molecular complexity index is 211. The molecular formula is C10H19F3N2O. The largest absolute Gasteiger partial charge is 0.401 e. The van der Waals surface area contributed by atoms with Crippen molar-refractivity contribution < 1.29 is 18.3 Å². The van der Waals surface area contributed by atoms with E-state index in [9.17, 15) is 13.2 Å². The lowest BCUT2D eigenvalue weighted by molar-refractivity contribution is -0.153. The van der Waals surface area contributed by atoms with Gasteiger partial charge in [-0.3, -0.25) is 4.90 Å². The van der Waals surface area contributed by atoms with Gasteiger partial charge in [0, 0.05) is 18.6 Å². The molecule has 0 bridgehead atoms. The second-order valence-electron chi connectivity index (χ2n) is 4.32. The molecule has 0 saturated heterocycles. The average Bonchev–Trinajstić information content (AvgIpc) is 2.16. The summed E-state index contributed by atoms with van der Waals surface area (Å²) >= 11 is 0. The molecule has 2 unspecified atom stereocenters. The van der Waals surface area contributed by atoms with Gasteiger partial charge < -0.3 is 10.8 Å². The highest BCUT2D eigenvalue weighted by Gasteiger charge is 2.36. The fraction of sp³-hybridized carbons (Fsp3) is 1.00. The lowest BCUT2D eigenvalue weighted by Crippen LogP contribution is -2.53. The molecule has 0 radical (unpaired) electrons. The van der Waals surface area contributed by atoms with Crippen molar-refractivity contribution in [2.24, 2.45) is 5.73 Å². The van der Waals surface area contributed by atoms with Gasteiger partial charge >= 0.3 is 6.18 Å². The summed E-state index contributed by atoms with van der Waals surface area (Å²) in [5.74, 6) is 0. The molecule has 0 aliphatic heterocycles. The number of alkyl halides is 3. The number of rotatable bonds is 4. The SMILES string of the molecule is NC1CCCCC1N(CCO)CC(F)(F)F. The van der Waals surface area contributed by atoms with Crippen LogP contribution in [-0.2, 0) is 0 Å². The Labute approximate surface area is 93.4 Å². The van der Waals surface area contributed by atoms with E-state index in [0.717, 1.165) is 19.3 Å². The molecule has 2 atom stereocenters. The topological polar surface area (TPSA) is 49.5 Å². The van der Waals surface area contributed by atoms with E-state index in [0.29, 0.717) is 6.42 Å². The number of aliphatic hydroxyl groups excluding tert-OH is 1. The Balaban J connectivity index is 2.60. The van der Waals surface area contributed by atoms with Crippen LogP contribution in [0.3, 0.4) is 0 Å². The van der Waals surface area contributed by atoms with Crippen molar-refractivity contribution in [1.29, 1.82) is 0 Å². The van der Waals surface area contributed by atoms with Crippen LogP contribution in [0.25, 0.3) is 0 Å². The second kappa shape index (κ2) is 5.84. The highest BCUT2D eigenvalue weighted by atomic mass is 19.4. The maximum atomic E-state index is 12.3. The first-order valence-electron chi connectivity index (χ1n) is 5.61. The van der Waals surface area contributed by atoms with Gasteiger partial charge in [0.05, 0.1) is 13.2 Å². The predicted octanol–water partition coefficient (Wildman–Crippen LogP) is 1.11. The summed E-state index contributed by atoms with van der Waals surface area (Å²) in [5, 5.41) is 8.80. The van der Waals surface area contributed by atoms with Gasteiger partial charge in [0.1, 0.15) is 0 Å². The van der Waals surface area contributed by atoms with E-state index in [1.165, 1.54) is 4.90 Å². The maximum absolute atomic E-state index is 12.3. The zero-order valence-corrected chi connectivity index (χ0v) is 9.21. The molecule has 3 N–H and O–H groups in total. The summed E-state index contributed by atoms with van der Waals surface area (Å²) in [7, 11) is 0. The van der Waals surface area contributed by atoms with Crippen LogP contribution in [0.2, 0.25) is 0 Å². The van der Waals surface area contributed by atoms with Gasteiger partial charge in [-0.15, -0.1) is 0 Å². The minimum atomic E-state index is -4.23. The van der Waals surface area contributed by atoms with E-state index < -0.39 is 12.7 Å². The van der Waals surface area contributed by atoms with Gasteiger partial charge in [-0.05, 0) is 12.8 Å². The molecule has 0 aromatic rings. The molecule has 0 aromatic carbocycles. The first-order chi connectivity index (χ1) is 7.44. The second-order valence-corrected chi connectivity index (χ2v) is 4.32. The molecule has 16 heavy (non-hydrogen) atoms. The standard InChI is InChI=1S/C10H19F3N2O/c11-10(12,13)7-15(5-6-16)9-4-2-1-3-8(9)14/h8-9,16H,1-7,14H2. The van der Waals surface area contributed by atoms with Crippen LogP contribution in [0.15, 0.2) is 0 Å². The first kappa shape index (κ1) is 13.7. The number of halogens is 3. The zero-order chi connectivity index (χ0) is 12.2. The van der Waals surface area contributed by atoms with Gasteiger partial charge in [-0.1, -0.05) is 12.8 Å². The molecule has 1 rings (SSSR count). The Hall–Kier alpha value is -0.330. The average molecular weight is 240 g/mol. The molecule has 1 aliphatic carbocycles. The molecule has 96 valence electrons. The zero-order valence-electron chi connectivity index (χ0n) is 9.21. The molecule has 0 aromatic heterocycles. The summed E-state index contributed by atoms with van der Waals surface area (Å²) in [5.41, 5.74) is 5.84. The molecular weight excluding hydrogens is 221 g/mol. The van der Waals surface area contributed by atoms with Crippen molar-refractivity contribution in [3.05, 3.63) is 0 Å². The van der Waals surface area contributed by atoms with Crippen molar-refractivity contribution in [2.45, 2.75) is 43.9 Å². The van der Waals surface area contributed by atoms with Crippen molar-refractivity contribution in [2.75, 3.05) is 19.7 Å². The number of hydrogen-bond acceptors (Lipinski definition) is 3. The molecule has 1 saturated carbocycles. The Kier molecular flexibility index (Phi) is 5.01. The molecule has 1 aliphatic rings. The van der Waals surface area contributed by atoms with E-state index in [1.54, 1.807) is 0 Å². The molecule has 3 nitrogen and oxygen atoms in total. The van der Waals surface area contributed by atoms with E-state index >= 15 is 0 Å². The summed E-state index contributed by atoms with van der Waals surface area (Å²) in [6.07, 6.45) is -0.872. The van der Waals surface area contributed by atoms with Gasteiger partial charge in [0.2, 0.25) is 0 Å². The van der Waals surface area contributed by atoms with E-state index in [2.05, 4.69) is 0 Å². The summed E-state index contributed by atoms with van der Waals surface area (Å²) in [6.45, 7) is -1.21. The van der Waals surface area contributed by atoms with Crippen molar-refractivity contribution in [3.8, 4) is 0 Å². The summed E-state index contributed by atoms with van der Waals surface area (Å²) < 4.78 is 37.0. The van der Waals surface area contributed by atoms with Crippen molar-refractivity contribution in [3.63, 3.8) is 0 Å². The molecule has 0 spiro atoms. The fourth-order valence-corrected chi connectivity index (χ4v) is 2.31. The summed E-state index contributed by atoms with van der Waals surface area (Å²) in [6, 6.07) is -0.454. The van der Waals surface area contributed by atoms with E-state index in [1.807, 2.05) is 0 Å². The minimum Gasteiger partial charge on any atom is -0.395 e. The van der Waals surface area contributed by atoms with E-state index in [4.69, 9.17) is 10.8 Å². The molecule has 6 heteroatoms. The van der Waals surface area contributed by atoms with Gasteiger partial charge in [-0.2, -0.15) is 13.2 Å².